The van der Waals surface area contributed by atoms with Gasteiger partial charge < -0.3 is 5.32 Å². The topological polar surface area (TPSA) is 96.5 Å². The number of aromatic nitrogens is 4. The van der Waals surface area contributed by atoms with E-state index in [4.69, 9.17) is 5.26 Å². The quantitative estimate of drug-likeness (QED) is 0.625. The zero-order valence-corrected chi connectivity index (χ0v) is 16.0. The van der Waals surface area contributed by atoms with E-state index in [1.807, 2.05) is 24.3 Å². The van der Waals surface area contributed by atoms with Crippen molar-refractivity contribution < 1.29 is 4.79 Å². The monoisotopic (exact) mass is 428 g/mol. The molecule has 1 N–H and O–H groups in total. The number of nitriles is 1. The Kier molecular flexibility index (Phi) is 5.65. The number of thioether (sulfide) groups is 1. The zero-order valence-electron chi connectivity index (χ0n) is 13.6. The van der Waals surface area contributed by atoms with Crippen molar-refractivity contribution in [3.05, 3.63) is 58.6 Å². The summed E-state index contributed by atoms with van der Waals surface area (Å²) in [6, 6.07) is 16.4. The fourth-order valence-electron chi connectivity index (χ4n) is 2.13. The fourth-order valence-corrected chi connectivity index (χ4v) is 3.20. The highest BCUT2D eigenvalue weighted by Gasteiger charge is 2.20. The van der Waals surface area contributed by atoms with Gasteiger partial charge in [-0.25, -0.2) is 0 Å². The molecule has 130 valence electrons. The number of hydrogen-bond acceptors (Lipinski definition) is 6. The molecule has 1 heterocycles. The smallest absolute Gasteiger partial charge is 0.237 e. The molecule has 3 aromatic rings. The summed E-state index contributed by atoms with van der Waals surface area (Å²) in [4.78, 5) is 12.5. The Balaban J connectivity index is 1.73. The second kappa shape index (κ2) is 8.12. The standard InChI is InChI=1S/C17H13BrN6OS/c1-11(16(25)20-15-5-3-2-4-12(15)10-19)26-17-21-22-23-24(17)14-8-6-13(18)7-9-14/h2-9,11H,1H3,(H,20,25). The number of amides is 1. The number of para-hydroxylation sites is 1. The van der Waals surface area contributed by atoms with Crippen LogP contribution in [0.15, 0.2) is 58.2 Å². The minimum absolute atomic E-state index is 0.233. The third-order valence-electron chi connectivity index (χ3n) is 3.47. The lowest BCUT2D eigenvalue weighted by molar-refractivity contribution is -0.115. The van der Waals surface area contributed by atoms with E-state index in [1.165, 1.54) is 11.8 Å². The number of anilines is 1. The summed E-state index contributed by atoms with van der Waals surface area (Å²) in [7, 11) is 0. The Bertz CT molecular complexity index is 966. The largest absolute Gasteiger partial charge is 0.324 e. The van der Waals surface area contributed by atoms with Crippen LogP contribution in [0.5, 0.6) is 0 Å². The molecule has 0 spiro atoms. The van der Waals surface area contributed by atoms with Gasteiger partial charge in [-0.15, -0.1) is 5.10 Å². The third kappa shape index (κ3) is 4.09. The van der Waals surface area contributed by atoms with Gasteiger partial charge in [-0.05, 0) is 53.7 Å². The van der Waals surface area contributed by atoms with Crippen LogP contribution >= 0.6 is 27.7 Å². The second-order valence-corrected chi connectivity index (χ2v) is 7.48. The molecular formula is C17H13BrN6OS. The number of benzene rings is 2. The summed E-state index contributed by atoms with van der Waals surface area (Å²) < 4.78 is 2.52. The van der Waals surface area contributed by atoms with Crippen LogP contribution in [0.4, 0.5) is 5.69 Å². The van der Waals surface area contributed by atoms with E-state index >= 15 is 0 Å². The van der Waals surface area contributed by atoms with Crippen LogP contribution in [0.3, 0.4) is 0 Å². The van der Waals surface area contributed by atoms with Crippen LogP contribution in [0.1, 0.15) is 12.5 Å². The van der Waals surface area contributed by atoms with Gasteiger partial charge in [-0.2, -0.15) is 9.94 Å². The van der Waals surface area contributed by atoms with E-state index < -0.39 is 5.25 Å². The highest BCUT2D eigenvalue weighted by Crippen LogP contribution is 2.25. The van der Waals surface area contributed by atoms with E-state index in [1.54, 1.807) is 35.9 Å². The van der Waals surface area contributed by atoms with E-state index in [2.05, 4.69) is 42.8 Å². The predicted octanol–water partition coefficient (Wildman–Crippen LogP) is 3.42. The molecule has 2 aromatic carbocycles. The molecule has 0 radical (unpaired) electrons. The van der Waals surface area contributed by atoms with Crippen molar-refractivity contribution in [2.24, 2.45) is 0 Å². The molecule has 0 fully saturated rings. The molecule has 3 rings (SSSR count). The van der Waals surface area contributed by atoms with Gasteiger partial charge in [-0.3, -0.25) is 4.79 Å². The summed E-state index contributed by atoms with van der Waals surface area (Å²) in [5.74, 6) is -0.233. The number of carbonyl (C=O) groups excluding carboxylic acids is 1. The lowest BCUT2D eigenvalue weighted by Crippen LogP contribution is -2.23. The first kappa shape index (κ1) is 18.1. The minimum Gasteiger partial charge on any atom is -0.324 e. The van der Waals surface area contributed by atoms with Crippen molar-refractivity contribution in [3.8, 4) is 11.8 Å². The van der Waals surface area contributed by atoms with E-state index in [0.29, 0.717) is 16.4 Å². The normalized spacial score (nSPS) is 11.6. The second-order valence-electron chi connectivity index (χ2n) is 5.26. The van der Waals surface area contributed by atoms with Crippen molar-refractivity contribution in [1.29, 1.82) is 5.26 Å². The van der Waals surface area contributed by atoms with Gasteiger partial charge >= 0.3 is 0 Å². The average molecular weight is 429 g/mol. The number of nitrogens with one attached hydrogen (secondary N) is 1. The maximum Gasteiger partial charge on any atom is 0.237 e. The Morgan fingerprint density at radius 1 is 1.27 bits per heavy atom. The van der Waals surface area contributed by atoms with Gasteiger partial charge in [0.15, 0.2) is 0 Å². The maximum atomic E-state index is 12.5. The van der Waals surface area contributed by atoms with Crippen LogP contribution < -0.4 is 5.32 Å². The van der Waals surface area contributed by atoms with Crippen molar-refractivity contribution in [2.75, 3.05) is 5.32 Å². The van der Waals surface area contributed by atoms with Crippen molar-refractivity contribution >= 4 is 39.3 Å². The van der Waals surface area contributed by atoms with Gasteiger partial charge in [0.05, 0.1) is 22.2 Å². The molecular weight excluding hydrogens is 416 g/mol. The molecule has 1 atom stereocenters. The molecule has 0 saturated carbocycles. The summed E-state index contributed by atoms with van der Waals surface area (Å²) in [5.41, 5.74) is 1.70. The third-order valence-corrected chi connectivity index (χ3v) is 5.03. The number of halogens is 1. The van der Waals surface area contributed by atoms with Crippen molar-refractivity contribution in [2.45, 2.75) is 17.3 Å². The number of tetrazole rings is 1. The number of rotatable bonds is 5. The molecule has 0 saturated heterocycles. The molecule has 0 bridgehead atoms. The number of carbonyl (C=O) groups is 1. The summed E-state index contributed by atoms with van der Waals surface area (Å²) in [6.07, 6.45) is 0. The van der Waals surface area contributed by atoms with Gasteiger partial charge in [0.1, 0.15) is 6.07 Å². The van der Waals surface area contributed by atoms with E-state index in [9.17, 15) is 4.79 Å². The minimum atomic E-state index is -0.457. The number of hydrogen-bond donors (Lipinski definition) is 1. The van der Waals surface area contributed by atoms with Crippen LogP contribution in [0.2, 0.25) is 0 Å². The first-order valence-electron chi connectivity index (χ1n) is 7.59. The van der Waals surface area contributed by atoms with Crippen LogP contribution in [0.25, 0.3) is 5.69 Å². The maximum absolute atomic E-state index is 12.5. The van der Waals surface area contributed by atoms with Gasteiger partial charge in [-0.1, -0.05) is 39.8 Å². The lowest BCUT2D eigenvalue weighted by atomic mass is 10.2. The van der Waals surface area contributed by atoms with Crippen LogP contribution in [-0.4, -0.2) is 31.4 Å². The highest BCUT2D eigenvalue weighted by molar-refractivity contribution is 9.10. The molecule has 1 unspecified atom stereocenters. The fraction of sp³-hybridized carbons (Fsp3) is 0.118. The van der Waals surface area contributed by atoms with E-state index in [0.717, 1.165) is 10.2 Å². The van der Waals surface area contributed by atoms with Gasteiger partial charge in [0.2, 0.25) is 11.1 Å². The van der Waals surface area contributed by atoms with Gasteiger partial charge in [0, 0.05) is 4.47 Å². The van der Waals surface area contributed by atoms with Crippen molar-refractivity contribution in [3.63, 3.8) is 0 Å². The van der Waals surface area contributed by atoms with Crippen LogP contribution in [-0.2, 0) is 4.79 Å². The average Bonchev–Trinajstić information content (AvgIpc) is 3.10. The molecule has 26 heavy (non-hydrogen) atoms. The predicted molar refractivity (Wildman–Crippen MR) is 102 cm³/mol. The number of nitrogens with zero attached hydrogens (tertiary/aromatic N) is 5. The Morgan fingerprint density at radius 3 is 2.73 bits per heavy atom. The summed E-state index contributed by atoms with van der Waals surface area (Å²) in [5, 5.41) is 23.6. The SMILES string of the molecule is CC(Sc1nnnn1-c1ccc(Br)cc1)C(=O)Nc1ccccc1C#N. The van der Waals surface area contributed by atoms with Crippen molar-refractivity contribution in [1.82, 2.24) is 20.2 Å². The van der Waals surface area contributed by atoms with Crippen LogP contribution in [0, 0.1) is 11.3 Å². The zero-order chi connectivity index (χ0) is 18.5. The molecule has 1 aromatic heterocycles. The first-order valence-corrected chi connectivity index (χ1v) is 9.26. The first-order chi connectivity index (χ1) is 12.6. The van der Waals surface area contributed by atoms with Gasteiger partial charge in [0.25, 0.3) is 0 Å². The summed E-state index contributed by atoms with van der Waals surface area (Å²) in [6.45, 7) is 1.76. The molecule has 0 aliphatic carbocycles. The summed E-state index contributed by atoms with van der Waals surface area (Å²) >= 11 is 4.62. The molecule has 7 nitrogen and oxygen atoms in total. The molecule has 1 amide bonds. The Labute approximate surface area is 162 Å². The molecule has 0 aliphatic heterocycles. The molecule has 9 heteroatoms. The van der Waals surface area contributed by atoms with E-state index in [-0.39, 0.29) is 5.91 Å². The lowest BCUT2D eigenvalue weighted by Gasteiger charge is -2.12. The Hall–Kier alpha value is -2.70. The Morgan fingerprint density at radius 2 is 2.00 bits per heavy atom. The molecule has 0 aliphatic rings. The highest BCUT2D eigenvalue weighted by atomic mass is 79.9.